The average molecular weight is 410 g/mol. The fraction of sp³-hybridized carbons (Fsp3) is 0.222. The molecular formula is C18H20ClN3O4S. The smallest absolute Gasteiger partial charge is 0.274 e. The normalized spacial score (nSPS) is 11.2. The van der Waals surface area contributed by atoms with Crippen molar-refractivity contribution in [2.45, 2.75) is 31.9 Å². The number of furan rings is 1. The van der Waals surface area contributed by atoms with Gasteiger partial charge in [-0.15, -0.1) is 12.4 Å². The van der Waals surface area contributed by atoms with Gasteiger partial charge in [0.05, 0.1) is 12.2 Å². The Hall–Kier alpha value is -2.42. The molecule has 27 heavy (non-hydrogen) atoms. The molecule has 3 aromatic rings. The van der Waals surface area contributed by atoms with Crippen LogP contribution < -0.4 is 10.3 Å². The second kappa shape index (κ2) is 8.51. The van der Waals surface area contributed by atoms with Gasteiger partial charge < -0.3 is 9.40 Å². The van der Waals surface area contributed by atoms with Crippen LogP contribution in [0.15, 0.2) is 56.9 Å². The van der Waals surface area contributed by atoms with Crippen LogP contribution in [0.4, 0.5) is 0 Å². The Morgan fingerprint density at radius 2 is 2.00 bits per heavy atom. The van der Waals surface area contributed by atoms with Crippen LogP contribution in [-0.2, 0) is 23.0 Å². The highest BCUT2D eigenvalue weighted by Crippen LogP contribution is 2.26. The Morgan fingerprint density at radius 1 is 1.22 bits per heavy atom. The molecule has 0 amide bonds. The highest BCUT2D eigenvalue weighted by Gasteiger charge is 2.20. The highest BCUT2D eigenvalue weighted by atomic mass is 35.5. The highest BCUT2D eigenvalue weighted by molar-refractivity contribution is 7.89. The molecule has 144 valence electrons. The summed E-state index contributed by atoms with van der Waals surface area (Å²) < 4.78 is 32.9. The van der Waals surface area contributed by atoms with Crippen molar-refractivity contribution in [3.63, 3.8) is 0 Å². The molecule has 3 aromatic heterocycles. The van der Waals surface area contributed by atoms with E-state index in [0.717, 1.165) is 0 Å². The first-order valence-corrected chi connectivity index (χ1v) is 9.61. The van der Waals surface area contributed by atoms with Crippen molar-refractivity contribution in [3.8, 4) is 11.3 Å². The molecule has 0 aliphatic heterocycles. The van der Waals surface area contributed by atoms with E-state index in [2.05, 4.69) is 14.7 Å². The molecule has 2 N–H and O–H groups in total. The van der Waals surface area contributed by atoms with Crippen molar-refractivity contribution < 1.29 is 12.8 Å². The maximum Gasteiger partial charge on any atom is 0.274 e. The molecule has 0 radical (unpaired) electrons. The molecule has 0 fully saturated rings. The average Bonchev–Trinajstić information content (AvgIpc) is 3.12. The zero-order chi connectivity index (χ0) is 18.7. The first-order chi connectivity index (χ1) is 12.4. The molecule has 0 saturated heterocycles. The van der Waals surface area contributed by atoms with E-state index < -0.39 is 10.0 Å². The maximum atomic E-state index is 12.4. The number of sulfonamides is 1. The van der Waals surface area contributed by atoms with Gasteiger partial charge in [-0.25, -0.2) is 13.1 Å². The minimum absolute atomic E-state index is 0. The maximum absolute atomic E-state index is 12.4. The first kappa shape index (κ1) is 20.9. The van der Waals surface area contributed by atoms with Gasteiger partial charge >= 0.3 is 0 Å². The van der Waals surface area contributed by atoms with Gasteiger partial charge in [0.2, 0.25) is 5.09 Å². The fourth-order valence-corrected chi connectivity index (χ4v) is 3.46. The SMILES string of the molecule is CCc1cc(-c2ccc(S(=O)(=O)NCc3ccccn3)o2)c(C)[nH]c1=O.Cl. The number of hydrogen-bond acceptors (Lipinski definition) is 5. The third-order valence-corrected chi connectivity index (χ3v) is 5.25. The Kier molecular flexibility index (Phi) is 6.59. The quantitative estimate of drug-likeness (QED) is 0.651. The summed E-state index contributed by atoms with van der Waals surface area (Å²) in [6, 6.07) is 9.97. The third kappa shape index (κ3) is 4.65. The van der Waals surface area contributed by atoms with E-state index in [1.54, 1.807) is 43.5 Å². The molecule has 0 aromatic carbocycles. The van der Waals surface area contributed by atoms with E-state index >= 15 is 0 Å². The third-order valence-electron chi connectivity index (χ3n) is 3.98. The molecule has 0 unspecified atom stereocenters. The van der Waals surface area contributed by atoms with Gasteiger partial charge in [-0.2, -0.15) is 0 Å². The number of pyridine rings is 2. The predicted octanol–water partition coefficient (Wildman–Crippen LogP) is 2.80. The van der Waals surface area contributed by atoms with E-state index in [0.29, 0.717) is 34.7 Å². The van der Waals surface area contributed by atoms with Crippen LogP contribution in [0.2, 0.25) is 0 Å². The summed E-state index contributed by atoms with van der Waals surface area (Å²) in [5.41, 5.74) is 2.34. The van der Waals surface area contributed by atoms with Crippen LogP contribution >= 0.6 is 12.4 Å². The molecule has 3 rings (SSSR count). The Bertz CT molecular complexity index is 1080. The Labute approximate surface area is 163 Å². The first-order valence-electron chi connectivity index (χ1n) is 8.13. The zero-order valence-electron chi connectivity index (χ0n) is 14.9. The van der Waals surface area contributed by atoms with Gasteiger partial charge in [-0.05, 0) is 43.7 Å². The van der Waals surface area contributed by atoms with Gasteiger partial charge in [-0.3, -0.25) is 9.78 Å². The number of H-pyrrole nitrogens is 1. The van der Waals surface area contributed by atoms with Crippen LogP contribution in [0, 0.1) is 6.92 Å². The molecule has 0 spiro atoms. The van der Waals surface area contributed by atoms with Crippen LogP contribution in [0.1, 0.15) is 23.9 Å². The summed E-state index contributed by atoms with van der Waals surface area (Å²) >= 11 is 0. The lowest BCUT2D eigenvalue weighted by molar-refractivity contribution is 0.455. The van der Waals surface area contributed by atoms with Crippen molar-refractivity contribution in [1.29, 1.82) is 0 Å². The number of nitrogens with zero attached hydrogens (tertiary/aromatic N) is 1. The van der Waals surface area contributed by atoms with Gasteiger partial charge in [-0.1, -0.05) is 13.0 Å². The molecule has 0 saturated carbocycles. The van der Waals surface area contributed by atoms with E-state index in [9.17, 15) is 13.2 Å². The van der Waals surface area contributed by atoms with Crippen molar-refractivity contribution in [2.24, 2.45) is 0 Å². The molecular weight excluding hydrogens is 390 g/mol. The van der Waals surface area contributed by atoms with Gasteiger partial charge in [0.1, 0.15) is 5.76 Å². The van der Waals surface area contributed by atoms with Crippen LogP contribution in [0.25, 0.3) is 11.3 Å². The molecule has 0 aliphatic rings. The largest absolute Gasteiger partial charge is 0.443 e. The van der Waals surface area contributed by atoms with Crippen molar-refractivity contribution in [2.75, 3.05) is 0 Å². The van der Waals surface area contributed by atoms with Crippen LogP contribution in [0.5, 0.6) is 0 Å². The number of nitrogens with one attached hydrogen (secondary N) is 2. The summed E-state index contributed by atoms with van der Waals surface area (Å²) in [4.78, 5) is 18.7. The molecule has 0 bridgehead atoms. The molecule has 3 heterocycles. The van der Waals surface area contributed by atoms with E-state index in [-0.39, 0.29) is 29.6 Å². The molecule has 0 atom stereocenters. The topological polar surface area (TPSA) is 105 Å². The second-order valence-corrected chi connectivity index (χ2v) is 7.48. The van der Waals surface area contributed by atoms with Crippen molar-refractivity contribution >= 4 is 22.4 Å². The summed E-state index contributed by atoms with van der Waals surface area (Å²) in [5, 5.41) is -0.188. The fourth-order valence-electron chi connectivity index (χ4n) is 2.54. The Balaban J connectivity index is 0.00000261. The van der Waals surface area contributed by atoms with E-state index in [1.807, 2.05) is 6.92 Å². The number of aromatic nitrogens is 2. The molecule has 9 heteroatoms. The number of hydrogen-bond donors (Lipinski definition) is 2. The van der Waals surface area contributed by atoms with Crippen molar-refractivity contribution in [1.82, 2.24) is 14.7 Å². The van der Waals surface area contributed by atoms with Gasteiger partial charge in [0.15, 0.2) is 0 Å². The second-order valence-electron chi connectivity index (χ2n) is 5.78. The molecule has 7 nitrogen and oxygen atoms in total. The summed E-state index contributed by atoms with van der Waals surface area (Å²) in [6.07, 6.45) is 2.17. The van der Waals surface area contributed by atoms with Crippen molar-refractivity contribution in [3.05, 3.63) is 69.9 Å². The standard InChI is InChI=1S/C18H19N3O4S.ClH/c1-3-13-10-15(12(2)21-18(13)22)16-7-8-17(25-16)26(23,24)20-11-14-6-4-5-9-19-14;/h4-10,20H,3,11H2,1-2H3,(H,21,22);1H. The minimum atomic E-state index is -3.81. The predicted molar refractivity (Wildman–Crippen MR) is 104 cm³/mol. The number of aryl methyl sites for hydroxylation is 2. The zero-order valence-corrected chi connectivity index (χ0v) is 16.5. The summed E-state index contributed by atoms with van der Waals surface area (Å²) in [7, 11) is -3.81. The lowest BCUT2D eigenvalue weighted by atomic mass is 10.1. The molecule has 0 aliphatic carbocycles. The number of halogens is 1. The lowest BCUT2D eigenvalue weighted by Crippen LogP contribution is -2.23. The summed E-state index contributed by atoms with van der Waals surface area (Å²) in [6.45, 7) is 3.69. The van der Waals surface area contributed by atoms with E-state index in [1.165, 1.54) is 6.07 Å². The lowest BCUT2D eigenvalue weighted by Gasteiger charge is -2.06. The number of aromatic amines is 1. The Morgan fingerprint density at radius 3 is 2.67 bits per heavy atom. The van der Waals surface area contributed by atoms with Crippen LogP contribution in [0.3, 0.4) is 0 Å². The van der Waals surface area contributed by atoms with Gasteiger partial charge in [0.25, 0.3) is 15.6 Å². The van der Waals surface area contributed by atoms with E-state index in [4.69, 9.17) is 4.42 Å². The van der Waals surface area contributed by atoms with Crippen LogP contribution in [-0.4, -0.2) is 18.4 Å². The summed E-state index contributed by atoms with van der Waals surface area (Å²) in [5.74, 6) is 0.381. The van der Waals surface area contributed by atoms with Gasteiger partial charge in [0, 0.05) is 23.0 Å². The monoisotopic (exact) mass is 409 g/mol. The number of rotatable bonds is 6. The minimum Gasteiger partial charge on any atom is -0.443 e.